The minimum Gasteiger partial charge on any atom is -0.296 e. The molecule has 0 saturated carbocycles. The summed E-state index contributed by atoms with van der Waals surface area (Å²) in [6.45, 7) is 4.23. The van der Waals surface area contributed by atoms with Gasteiger partial charge in [-0.3, -0.25) is 9.38 Å². The van der Waals surface area contributed by atoms with E-state index in [0.717, 1.165) is 28.0 Å². The third-order valence-corrected chi connectivity index (χ3v) is 4.38. The quantitative estimate of drug-likeness (QED) is 0.493. The second kappa shape index (κ2) is 5.50. The largest absolute Gasteiger partial charge is 0.296 e. The first-order valence-corrected chi connectivity index (χ1v) is 8.07. The number of nitrogens with zero attached hydrogens (tertiary/aromatic N) is 8. The molecule has 0 amide bonds. The lowest BCUT2D eigenvalue weighted by Gasteiger charge is -2.08. The summed E-state index contributed by atoms with van der Waals surface area (Å²) in [5.74, 6) is 0. The first-order chi connectivity index (χ1) is 12.7. The van der Waals surface area contributed by atoms with Gasteiger partial charge in [0.25, 0.3) is 0 Å². The van der Waals surface area contributed by atoms with Crippen molar-refractivity contribution in [3.63, 3.8) is 0 Å². The van der Waals surface area contributed by atoms with Gasteiger partial charge in [-0.1, -0.05) is 6.58 Å². The van der Waals surface area contributed by atoms with Crippen molar-refractivity contribution in [2.24, 2.45) is 0 Å². The monoisotopic (exact) mass is 362 g/mol. The van der Waals surface area contributed by atoms with Gasteiger partial charge < -0.3 is 0 Å². The molecule has 5 rings (SSSR count). The average molecular weight is 363 g/mol. The van der Waals surface area contributed by atoms with Crippen LogP contribution in [0.5, 0.6) is 0 Å². The molecule has 5 aromatic heterocycles. The Hall–Kier alpha value is -3.52. The summed E-state index contributed by atoms with van der Waals surface area (Å²) < 4.78 is 4.87. The molecule has 0 fully saturated rings. The van der Waals surface area contributed by atoms with Gasteiger partial charge in [-0.25, -0.2) is 14.5 Å². The molecule has 26 heavy (non-hydrogen) atoms. The third kappa shape index (κ3) is 2.12. The zero-order valence-corrected chi connectivity index (χ0v) is 14.1. The minimum atomic E-state index is 0.674. The Balaban J connectivity index is 1.69. The van der Waals surface area contributed by atoms with E-state index in [2.05, 4.69) is 31.7 Å². The van der Waals surface area contributed by atoms with Crippen LogP contribution in [0.3, 0.4) is 0 Å². The van der Waals surface area contributed by atoms with Crippen LogP contribution in [0.4, 0.5) is 0 Å². The zero-order valence-electron chi connectivity index (χ0n) is 13.4. The predicted molar refractivity (Wildman–Crippen MR) is 96.6 cm³/mol. The molecule has 0 aliphatic rings. The van der Waals surface area contributed by atoms with E-state index in [1.165, 1.54) is 10.5 Å². The number of imidazole rings is 1. The number of pyridine rings is 1. The molecular weight excluding hydrogens is 352 g/mol. The molecule has 5 aromatic rings. The van der Waals surface area contributed by atoms with E-state index in [0.29, 0.717) is 11.3 Å². The molecule has 0 radical (unpaired) electrons. The molecule has 0 aromatic carbocycles. The van der Waals surface area contributed by atoms with Crippen LogP contribution in [-0.4, -0.2) is 38.3 Å². The molecule has 9 heteroatoms. The maximum absolute atomic E-state index is 5.87. The van der Waals surface area contributed by atoms with Gasteiger partial charge >= 0.3 is 0 Å². The normalized spacial score (nSPS) is 11.4. The summed E-state index contributed by atoms with van der Waals surface area (Å²) in [6.07, 6.45) is 12.1. The lowest BCUT2D eigenvalue weighted by Crippen LogP contribution is -1.99. The topological polar surface area (TPSA) is 78.2 Å². The molecule has 0 saturated heterocycles. The Morgan fingerprint density at radius 1 is 1.04 bits per heavy atom. The lowest BCUT2D eigenvalue weighted by molar-refractivity contribution is 0.959. The number of fused-ring (bicyclic) bond motifs is 2. The van der Waals surface area contributed by atoms with Crippen molar-refractivity contribution in [3.05, 3.63) is 73.5 Å². The molecule has 126 valence electrons. The molecule has 0 spiro atoms. The molecule has 0 atom stereocenters. The van der Waals surface area contributed by atoms with Crippen LogP contribution >= 0.6 is 11.8 Å². The van der Waals surface area contributed by atoms with Crippen molar-refractivity contribution in [1.82, 2.24) is 38.3 Å². The van der Waals surface area contributed by atoms with Crippen molar-refractivity contribution >= 4 is 28.6 Å². The van der Waals surface area contributed by atoms with Crippen molar-refractivity contribution < 1.29 is 0 Å². The second-order valence-electron chi connectivity index (χ2n) is 5.66. The third-order valence-electron chi connectivity index (χ3n) is 4.19. The van der Waals surface area contributed by atoms with Gasteiger partial charge in [-0.05, 0) is 12.1 Å². The summed E-state index contributed by atoms with van der Waals surface area (Å²) in [5.41, 5.74) is 5.38. The number of halogens is 1. The van der Waals surface area contributed by atoms with Crippen molar-refractivity contribution in [3.8, 4) is 11.3 Å². The maximum Gasteiger partial charge on any atom is 0.163 e. The van der Waals surface area contributed by atoms with Gasteiger partial charge in [0.15, 0.2) is 11.3 Å². The highest BCUT2D eigenvalue weighted by atomic mass is 35.5. The van der Waals surface area contributed by atoms with Gasteiger partial charge in [-0.15, -0.1) is 0 Å². The molecule has 0 N–H and O–H groups in total. The van der Waals surface area contributed by atoms with Crippen LogP contribution in [0, 0.1) is 0 Å². The average Bonchev–Trinajstić information content (AvgIpc) is 3.38. The smallest absolute Gasteiger partial charge is 0.163 e. The first-order valence-electron chi connectivity index (χ1n) is 7.73. The van der Waals surface area contributed by atoms with Gasteiger partial charge in [-0.2, -0.15) is 14.4 Å². The SMILES string of the molecule is C=C(c1cccn2ncnc12)c1nccn2c(-c3cnn(Cl)c3)cnc12. The highest BCUT2D eigenvalue weighted by Gasteiger charge is 2.16. The van der Waals surface area contributed by atoms with E-state index >= 15 is 0 Å². The Morgan fingerprint density at radius 3 is 2.81 bits per heavy atom. The van der Waals surface area contributed by atoms with Crippen LogP contribution < -0.4 is 0 Å². The van der Waals surface area contributed by atoms with Crippen molar-refractivity contribution in [2.75, 3.05) is 0 Å². The van der Waals surface area contributed by atoms with Gasteiger partial charge in [0.2, 0.25) is 0 Å². The summed E-state index contributed by atoms with van der Waals surface area (Å²) in [5, 5.41) is 8.17. The Kier molecular flexibility index (Phi) is 3.13. The molecule has 0 bridgehead atoms. The van der Waals surface area contributed by atoms with E-state index in [9.17, 15) is 0 Å². The molecule has 0 aliphatic carbocycles. The Labute approximate surface area is 152 Å². The molecule has 0 aliphatic heterocycles. The van der Waals surface area contributed by atoms with Crippen LogP contribution in [0.15, 0.2) is 62.2 Å². The number of rotatable bonds is 3. The fourth-order valence-corrected chi connectivity index (χ4v) is 3.14. The molecular formula is C17H11ClN8. The highest BCUT2D eigenvalue weighted by Crippen LogP contribution is 2.28. The Bertz CT molecular complexity index is 1280. The highest BCUT2D eigenvalue weighted by molar-refractivity contribution is 6.14. The predicted octanol–water partition coefficient (Wildman–Crippen LogP) is 2.70. The van der Waals surface area contributed by atoms with E-state index < -0.39 is 0 Å². The minimum absolute atomic E-state index is 0.674. The lowest BCUT2D eigenvalue weighted by atomic mass is 10.1. The number of hydrogen-bond donors (Lipinski definition) is 0. The van der Waals surface area contributed by atoms with E-state index in [4.69, 9.17) is 11.8 Å². The Morgan fingerprint density at radius 2 is 1.96 bits per heavy atom. The summed E-state index contributed by atoms with van der Waals surface area (Å²) >= 11 is 5.87. The van der Waals surface area contributed by atoms with Crippen LogP contribution in [0.1, 0.15) is 11.3 Å². The number of hydrogen-bond acceptors (Lipinski definition) is 5. The van der Waals surface area contributed by atoms with E-state index in [1.807, 2.05) is 28.9 Å². The summed E-state index contributed by atoms with van der Waals surface area (Å²) in [4.78, 5) is 13.3. The fourth-order valence-electron chi connectivity index (χ4n) is 2.99. The van der Waals surface area contributed by atoms with Crippen LogP contribution in [-0.2, 0) is 0 Å². The van der Waals surface area contributed by atoms with Crippen LogP contribution in [0.2, 0.25) is 0 Å². The van der Waals surface area contributed by atoms with E-state index in [-0.39, 0.29) is 0 Å². The van der Waals surface area contributed by atoms with Crippen molar-refractivity contribution in [2.45, 2.75) is 0 Å². The van der Waals surface area contributed by atoms with Gasteiger partial charge in [0.1, 0.15) is 12.0 Å². The summed E-state index contributed by atoms with van der Waals surface area (Å²) in [7, 11) is 0. The molecule has 8 nitrogen and oxygen atoms in total. The maximum atomic E-state index is 5.87. The van der Waals surface area contributed by atoms with Gasteiger partial charge in [0.05, 0.1) is 24.3 Å². The van der Waals surface area contributed by atoms with Crippen LogP contribution in [0.25, 0.3) is 28.1 Å². The zero-order chi connectivity index (χ0) is 17.7. The molecule has 5 heterocycles. The van der Waals surface area contributed by atoms with E-state index in [1.54, 1.807) is 29.3 Å². The first kappa shape index (κ1) is 14.8. The summed E-state index contributed by atoms with van der Waals surface area (Å²) in [6, 6.07) is 3.84. The molecule has 0 unspecified atom stereocenters. The second-order valence-corrected chi connectivity index (χ2v) is 6.01. The fraction of sp³-hybridized carbons (Fsp3) is 0. The standard InChI is InChI=1S/C17H11ClN8/c1-11(13-3-2-5-25-16(13)21-10-23-25)15-17-20-8-14(24(17)6-4-19-15)12-7-22-26(18)9-12/h2-10H,1H2. The number of aromatic nitrogens is 8. The van der Waals surface area contributed by atoms with Gasteiger partial charge in [0, 0.05) is 47.1 Å². The van der Waals surface area contributed by atoms with Crippen molar-refractivity contribution in [1.29, 1.82) is 0 Å².